The van der Waals surface area contributed by atoms with Gasteiger partial charge in [-0.3, -0.25) is 0 Å². The molecule has 3 N–H and O–H groups in total. The number of aryl methyl sites for hydroxylation is 1. The lowest BCUT2D eigenvalue weighted by molar-refractivity contribution is 0.166. The average Bonchev–Trinajstić information content (AvgIpc) is 2.68. The number of anilines is 1. The largest absolute Gasteiger partial charge is 0.328 e. The number of carbonyl (C=O) groups is 1. The van der Waals surface area contributed by atoms with Crippen molar-refractivity contribution in [1.29, 1.82) is 0 Å². The molecule has 0 spiro atoms. The first-order valence-electron chi connectivity index (χ1n) is 9.22. The fourth-order valence-electron chi connectivity index (χ4n) is 3.24. The monoisotopic (exact) mass is 369 g/mol. The Hall–Kier alpha value is -1.98. The fourth-order valence-corrected chi connectivity index (χ4v) is 4.21. The average molecular weight is 370 g/mol. The molecule has 0 aliphatic carbocycles. The van der Waals surface area contributed by atoms with Gasteiger partial charge in [0.15, 0.2) is 0 Å². The molecule has 1 atom stereocenters. The Kier molecular flexibility index (Phi) is 6.58. The van der Waals surface area contributed by atoms with Crippen LogP contribution in [0.25, 0.3) is 0 Å². The number of hydrogen-bond acceptors (Lipinski definition) is 3. The molecule has 138 valence electrons. The molecule has 4 nitrogen and oxygen atoms in total. The van der Waals surface area contributed by atoms with Crippen molar-refractivity contribution < 1.29 is 4.79 Å². The normalized spacial score (nSPS) is 17.2. The predicted molar refractivity (Wildman–Crippen MR) is 110 cm³/mol. The summed E-state index contributed by atoms with van der Waals surface area (Å²) in [7, 11) is 0. The Morgan fingerprint density at radius 1 is 1.19 bits per heavy atom. The molecule has 0 bridgehead atoms. The minimum atomic E-state index is -0.0384. The number of piperidine rings is 1. The van der Waals surface area contributed by atoms with Gasteiger partial charge >= 0.3 is 6.03 Å². The molecule has 2 amide bonds. The Labute approximate surface area is 160 Å². The molecule has 0 unspecified atom stereocenters. The molecule has 1 saturated heterocycles. The van der Waals surface area contributed by atoms with Crippen LogP contribution >= 0.6 is 11.8 Å². The zero-order chi connectivity index (χ0) is 18.4. The van der Waals surface area contributed by atoms with Crippen molar-refractivity contribution in [2.75, 3.05) is 18.4 Å². The number of benzene rings is 2. The molecule has 0 saturated carbocycles. The SMILES string of the molecule is Cc1ccc(CSc2ccccc2NC(=O)N2CCCC[C@H]2CN)cc1. The van der Waals surface area contributed by atoms with Gasteiger partial charge in [-0.05, 0) is 43.9 Å². The number of carbonyl (C=O) groups excluding carboxylic acids is 1. The second kappa shape index (κ2) is 9.10. The number of thioether (sulfide) groups is 1. The number of nitrogens with zero attached hydrogens (tertiary/aromatic N) is 1. The third kappa shape index (κ3) is 4.80. The summed E-state index contributed by atoms with van der Waals surface area (Å²) >= 11 is 1.74. The second-order valence-corrected chi connectivity index (χ2v) is 7.80. The molecule has 3 rings (SSSR count). The van der Waals surface area contributed by atoms with Gasteiger partial charge in [-0.25, -0.2) is 4.79 Å². The Morgan fingerprint density at radius 2 is 1.96 bits per heavy atom. The third-order valence-electron chi connectivity index (χ3n) is 4.80. The quantitative estimate of drug-likeness (QED) is 0.755. The summed E-state index contributed by atoms with van der Waals surface area (Å²) in [6.45, 7) is 3.40. The molecule has 1 aliphatic rings. The highest BCUT2D eigenvalue weighted by molar-refractivity contribution is 7.98. The number of para-hydroxylation sites is 1. The lowest BCUT2D eigenvalue weighted by Crippen LogP contribution is -2.49. The van der Waals surface area contributed by atoms with Gasteiger partial charge in [0.2, 0.25) is 0 Å². The first-order valence-corrected chi connectivity index (χ1v) is 10.2. The van der Waals surface area contributed by atoms with Crippen LogP contribution in [0.1, 0.15) is 30.4 Å². The molecule has 0 radical (unpaired) electrons. The molecule has 1 aliphatic heterocycles. The van der Waals surface area contributed by atoms with Gasteiger partial charge in [-0.1, -0.05) is 42.0 Å². The first-order chi connectivity index (χ1) is 12.7. The zero-order valence-corrected chi connectivity index (χ0v) is 16.1. The minimum Gasteiger partial charge on any atom is -0.328 e. The van der Waals surface area contributed by atoms with Crippen LogP contribution in [0.2, 0.25) is 0 Å². The molecular formula is C21H27N3OS. The van der Waals surface area contributed by atoms with Gasteiger partial charge in [-0.2, -0.15) is 0 Å². The van der Waals surface area contributed by atoms with Crippen LogP contribution in [0.5, 0.6) is 0 Å². The van der Waals surface area contributed by atoms with E-state index in [1.807, 2.05) is 23.1 Å². The number of nitrogens with one attached hydrogen (secondary N) is 1. The molecule has 26 heavy (non-hydrogen) atoms. The van der Waals surface area contributed by atoms with E-state index in [1.165, 1.54) is 11.1 Å². The highest BCUT2D eigenvalue weighted by Gasteiger charge is 2.25. The van der Waals surface area contributed by atoms with E-state index in [0.717, 1.165) is 42.1 Å². The van der Waals surface area contributed by atoms with E-state index >= 15 is 0 Å². The van der Waals surface area contributed by atoms with E-state index < -0.39 is 0 Å². The summed E-state index contributed by atoms with van der Waals surface area (Å²) in [5.41, 5.74) is 9.27. The lowest BCUT2D eigenvalue weighted by atomic mass is 10.0. The van der Waals surface area contributed by atoms with E-state index in [1.54, 1.807) is 11.8 Å². The number of urea groups is 1. The number of likely N-dealkylation sites (tertiary alicyclic amines) is 1. The Bertz CT molecular complexity index is 732. The summed E-state index contributed by atoms with van der Waals surface area (Å²) in [6.07, 6.45) is 3.19. The molecule has 2 aromatic rings. The molecular weight excluding hydrogens is 342 g/mol. The van der Waals surface area contributed by atoms with Crippen molar-refractivity contribution in [1.82, 2.24) is 4.90 Å². The summed E-state index contributed by atoms with van der Waals surface area (Å²) in [5.74, 6) is 0.877. The van der Waals surface area contributed by atoms with Crippen LogP contribution in [0.15, 0.2) is 53.4 Å². The van der Waals surface area contributed by atoms with Gasteiger partial charge in [0.05, 0.1) is 5.69 Å². The van der Waals surface area contributed by atoms with Gasteiger partial charge in [0.25, 0.3) is 0 Å². The van der Waals surface area contributed by atoms with Crippen LogP contribution in [0.3, 0.4) is 0 Å². The van der Waals surface area contributed by atoms with Crippen molar-refractivity contribution in [3.05, 3.63) is 59.7 Å². The second-order valence-electron chi connectivity index (χ2n) is 6.78. The van der Waals surface area contributed by atoms with E-state index in [9.17, 15) is 4.79 Å². The summed E-state index contributed by atoms with van der Waals surface area (Å²) in [6, 6.07) is 16.7. The Morgan fingerprint density at radius 3 is 2.73 bits per heavy atom. The third-order valence-corrected chi connectivity index (χ3v) is 5.95. The highest BCUT2D eigenvalue weighted by Crippen LogP contribution is 2.30. The van der Waals surface area contributed by atoms with Crippen molar-refractivity contribution in [3.63, 3.8) is 0 Å². The van der Waals surface area contributed by atoms with Crippen molar-refractivity contribution in [2.24, 2.45) is 5.73 Å². The van der Waals surface area contributed by atoms with Crippen LogP contribution in [0, 0.1) is 6.92 Å². The maximum absolute atomic E-state index is 12.8. The maximum Gasteiger partial charge on any atom is 0.322 e. The van der Waals surface area contributed by atoms with Gasteiger partial charge in [-0.15, -0.1) is 11.8 Å². The standard InChI is InChI=1S/C21H27N3OS/c1-16-9-11-17(12-10-16)15-26-20-8-3-2-7-19(20)23-21(25)24-13-5-4-6-18(24)14-22/h2-3,7-12,18H,4-6,13-15,22H2,1H3,(H,23,25)/t18-/m0/s1. The molecule has 1 heterocycles. The molecule has 2 aromatic carbocycles. The zero-order valence-electron chi connectivity index (χ0n) is 15.3. The van der Waals surface area contributed by atoms with Gasteiger partial charge < -0.3 is 16.0 Å². The van der Waals surface area contributed by atoms with Gasteiger partial charge in [0, 0.05) is 29.8 Å². The van der Waals surface area contributed by atoms with E-state index in [0.29, 0.717) is 6.54 Å². The van der Waals surface area contributed by atoms with E-state index in [-0.39, 0.29) is 12.1 Å². The summed E-state index contributed by atoms with van der Waals surface area (Å²) in [5, 5.41) is 3.10. The number of amides is 2. The van der Waals surface area contributed by atoms with E-state index in [2.05, 4.69) is 42.6 Å². The lowest BCUT2D eigenvalue weighted by Gasteiger charge is -2.35. The van der Waals surface area contributed by atoms with Crippen LogP contribution in [0.4, 0.5) is 10.5 Å². The van der Waals surface area contributed by atoms with Crippen molar-refractivity contribution in [3.8, 4) is 0 Å². The van der Waals surface area contributed by atoms with Crippen LogP contribution in [-0.4, -0.2) is 30.1 Å². The van der Waals surface area contributed by atoms with Gasteiger partial charge in [0.1, 0.15) is 0 Å². The summed E-state index contributed by atoms with van der Waals surface area (Å²) < 4.78 is 0. The number of hydrogen-bond donors (Lipinski definition) is 2. The molecule has 0 aromatic heterocycles. The number of nitrogens with two attached hydrogens (primary N) is 1. The first kappa shape index (κ1) is 18.8. The maximum atomic E-state index is 12.8. The topological polar surface area (TPSA) is 58.4 Å². The number of rotatable bonds is 5. The van der Waals surface area contributed by atoms with Crippen molar-refractivity contribution in [2.45, 2.75) is 42.9 Å². The van der Waals surface area contributed by atoms with Crippen LogP contribution in [-0.2, 0) is 5.75 Å². The van der Waals surface area contributed by atoms with E-state index in [4.69, 9.17) is 5.73 Å². The van der Waals surface area contributed by atoms with Crippen molar-refractivity contribution >= 4 is 23.5 Å². The smallest absolute Gasteiger partial charge is 0.322 e. The Balaban J connectivity index is 1.66. The molecule has 1 fully saturated rings. The van der Waals surface area contributed by atoms with Crippen LogP contribution < -0.4 is 11.1 Å². The minimum absolute atomic E-state index is 0.0384. The fraction of sp³-hybridized carbons (Fsp3) is 0.381. The predicted octanol–water partition coefficient (Wildman–Crippen LogP) is 4.63. The highest BCUT2D eigenvalue weighted by atomic mass is 32.2. The molecule has 5 heteroatoms. The summed E-state index contributed by atoms with van der Waals surface area (Å²) in [4.78, 5) is 15.7.